The molecule has 1 heterocycles. The second-order valence-electron chi connectivity index (χ2n) is 5.65. The van der Waals surface area contributed by atoms with Crippen LogP contribution in [0.5, 0.6) is 0 Å². The molecular weight excluding hydrogens is 246 g/mol. The van der Waals surface area contributed by atoms with Gasteiger partial charge in [0, 0.05) is 23.9 Å². The number of carbonyl (C=O) groups excluding carboxylic acids is 1. The summed E-state index contributed by atoms with van der Waals surface area (Å²) in [5.41, 5.74) is 1.83. The lowest BCUT2D eigenvalue weighted by Gasteiger charge is -2.30. The summed E-state index contributed by atoms with van der Waals surface area (Å²) in [5.74, 6) is 1.50. The fraction of sp³-hybridized carbons (Fsp3) is 0.643. The van der Waals surface area contributed by atoms with Gasteiger partial charge in [-0.2, -0.15) is 11.3 Å². The monoisotopic (exact) mass is 265 g/mol. The van der Waals surface area contributed by atoms with Gasteiger partial charge < -0.3 is 10.4 Å². The van der Waals surface area contributed by atoms with E-state index in [2.05, 4.69) is 5.32 Å². The van der Waals surface area contributed by atoms with Crippen LogP contribution in [0.1, 0.15) is 35.2 Å². The fourth-order valence-corrected chi connectivity index (χ4v) is 4.55. The molecule has 1 aromatic rings. The van der Waals surface area contributed by atoms with Crippen molar-refractivity contribution >= 4 is 17.2 Å². The number of hydrogen-bond donors (Lipinski definition) is 2. The molecule has 2 aliphatic carbocycles. The molecule has 0 aromatic carbocycles. The van der Waals surface area contributed by atoms with Gasteiger partial charge in [-0.05, 0) is 49.0 Å². The molecule has 0 spiro atoms. The van der Waals surface area contributed by atoms with Crippen LogP contribution in [-0.4, -0.2) is 23.7 Å². The second-order valence-corrected chi connectivity index (χ2v) is 6.39. The van der Waals surface area contributed by atoms with E-state index in [4.69, 9.17) is 0 Å². The minimum absolute atomic E-state index is 0.0322. The van der Waals surface area contributed by atoms with Gasteiger partial charge in [0.05, 0.1) is 5.56 Å². The van der Waals surface area contributed by atoms with Crippen LogP contribution in [0.3, 0.4) is 0 Å². The Balaban J connectivity index is 1.73. The highest BCUT2D eigenvalue weighted by Gasteiger charge is 2.47. The minimum Gasteiger partial charge on any atom is -0.396 e. The third-order valence-corrected chi connectivity index (χ3v) is 5.56. The highest BCUT2D eigenvalue weighted by molar-refractivity contribution is 7.08. The number of amides is 1. The van der Waals surface area contributed by atoms with Crippen LogP contribution in [0.4, 0.5) is 0 Å². The Bertz CT molecular complexity index is 456. The van der Waals surface area contributed by atoms with Crippen LogP contribution in [0.25, 0.3) is 0 Å². The van der Waals surface area contributed by atoms with Gasteiger partial charge in [-0.25, -0.2) is 0 Å². The first-order valence-corrected chi connectivity index (χ1v) is 7.59. The molecule has 2 saturated carbocycles. The molecule has 3 nitrogen and oxygen atoms in total. The van der Waals surface area contributed by atoms with Crippen LogP contribution < -0.4 is 5.32 Å². The molecule has 1 amide bonds. The first-order valence-electron chi connectivity index (χ1n) is 6.65. The number of rotatable bonds is 3. The maximum Gasteiger partial charge on any atom is 0.252 e. The Morgan fingerprint density at radius 1 is 1.44 bits per heavy atom. The highest BCUT2D eigenvalue weighted by atomic mass is 32.1. The molecule has 18 heavy (non-hydrogen) atoms. The number of thiophene rings is 1. The van der Waals surface area contributed by atoms with E-state index in [0.29, 0.717) is 11.8 Å². The zero-order valence-electron chi connectivity index (χ0n) is 10.6. The molecule has 4 atom stereocenters. The first kappa shape index (κ1) is 12.2. The summed E-state index contributed by atoms with van der Waals surface area (Å²) in [6, 6.07) is 0.181. The third-order valence-electron chi connectivity index (χ3n) is 4.70. The summed E-state index contributed by atoms with van der Waals surface area (Å²) in [4.78, 5) is 12.2. The van der Waals surface area contributed by atoms with Crippen LogP contribution in [0, 0.1) is 24.7 Å². The van der Waals surface area contributed by atoms with Crippen LogP contribution in [0.15, 0.2) is 10.8 Å². The number of aliphatic hydroxyl groups excluding tert-OH is 1. The summed E-state index contributed by atoms with van der Waals surface area (Å²) in [6.07, 6.45) is 3.60. The maximum absolute atomic E-state index is 12.2. The Morgan fingerprint density at radius 3 is 2.89 bits per heavy atom. The largest absolute Gasteiger partial charge is 0.396 e. The Hall–Kier alpha value is -0.870. The van der Waals surface area contributed by atoms with Gasteiger partial charge in [-0.3, -0.25) is 4.79 Å². The lowest BCUT2D eigenvalue weighted by molar-refractivity contribution is 0.0861. The number of aryl methyl sites for hydroxylation is 1. The predicted molar refractivity (Wildman–Crippen MR) is 71.7 cm³/mol. The molecule has 0 radical (unpaired) electrons. The van der Waals surface area contributed by atoms with E-state index in [9.17, 15) is 9.90 Å². The first-order chi connectivity index (χ1) is 8.70. The molecule has 2 bridgehead atoms. The minimum atomic E-state index is 0.0322. The van der Waals surface area contributed by atoms with Crippen molar-refractivity contribution in [1.82, 2.24) is 5.32 Å². The lowest BCUT2D eigenvalue weighted by atomic mass is 9.85. The summed E-state index contributed by atoms with van der Waals surface area (Å²) >= 11 is 1.56. The molecule has 2 aliphatic rings. The van der Waals surface area contributed by atoms with Gasteiger partial charge in [0.15, 0.2) is 0 Å². The number of hydrogen-bond acceptors (Lipinski definition) is 3. The molecule has 3 rings (SSSR count). The molecule has 0 aliphatic heterocycles. The van der Waals surface area contributed by atoms with Crippen molar-refractivity contribution in [1.29, 1.82) is 0 Å². The van der Waals surface area contributed by atoms with Crippen molar-refractivity contribution in [2.75, 3.05) is 6.61 Å². The van der Waals surface area contributed by atoms with Gasteiger partial charge in [0.2, 0.25) is 0 Å². The number of carbonyl (C=O) groups is 1. The van der Waals surface area contributed by atoms with Gasteiger partial charge >= 0.3 is 0 Å². The van der Waals surface area contributed by atoms with Crippen LogP contribution in [0.2, 0.25) is 0 Å². The van der Waals surface area contributed by atoms with E-state index in [1.807, 2.05) is 17.7 Å². The van der Waals surface area contributed by atoms with Crippen molar-refractivity contribution in [3.8, 4) is 0 Å². The van der Waals surface area contributed by atoms with E-state index in [-0.39, 0.29) is 24.5 Å². The van der Waals surface area contributed by atoms with E-state index < -0.39 is 0 Å². The van der Waals surface area contributed by atoms with E-state index in [0.717, 1.165) is 11.1 Å². The van der Waals surface area contributed by atoms with Crippen molar-refractivity contribution in [2.24, 2.45) is 17.8 Å². The van der Waals surface area contributed by atoms with Crippen molar-refractivity contribution in [2.45, 2.75) is 32.2 Å². The lowest BCUT2D eigenvalue weighted by Crippen LogP contribution is -2.45. The van der Waals surface area contributed by atoms with Crippen molar-refractivity contribution in [3.63, 3.8) is 0 Å². The summed E-state index contributed by atoms with van der Waals surface area (Å²) in [6.45, 7) is 2.17. The molecule has 2 N–H and O–H groups in total. The Morgan fingerprint density at radius 2 is 2.22 bits per heavy atom. The molecule has 0 saturated heterocycles. The molecular formula is C14H19NO2S. The van der Waals surface area contributed by atoms with E-state index in [1.165, 1.54) is 19.3 Å². The summed E-state index contributed by atoms with van der Waals surface area (Å²) < 4.78 is 0. The fourth-order valence-electron chi connectivity index (χ4n) is 3.72. The number of nitrogens with one attached hydrogen (secondary N) is 1. The second kappa shape index (κ2) is 4.67. The smallest absolute Gasteiger partial charge is 0.252 e. The van der Waals surface area contributed by atoms with Crippen LogP contribution >= 0.6 is 11.3 Å². The standard InChI is InChI=1S/C14H19NO2S/c1-8-6-18-7-12(8)14(17)15-13-10-3-2-9(4-10)11(13)5-16/h6-7,9-11,13,16H,2-5H2,1H3,(H,15,17). The zero-order valence-corrected chi connectivity index (χ0v) is 11.4. The average molecular weight is 265 g/mol. The topological polar surface area (TPSA) is 49.3 Å². The Labute approximate surface area is 111 Å². The predicted octanol–water partition coefficient (Wildman–Crippen LogP) is 2.19. The number of aliphatic hydroxyl groups is 1. The van der Waals surface area contributed by atoms with Gasteiger partial charge in [-0.1, -0.05) is 0 Å². The van der Waals surface area contributed by atoms with Gasteiger partial charge in [0.25, 0.3) is 5.91 Å². The van der Waals surface area contributed by atoms with Gasteiger partial charge in [0.1, 0.15) is 0 Å². The third kappa shape index (κ3) is 1.88. The summed E-state index contributed by atoms with van der Waals surface area (Å²) in [7, 11) is 0. The molecule has 2 fully saturated rings. The zero-order chi connectivity index (χ0) is 12.7. The molecule has 4 heteroatoms. The Kier molecular flexibility index (Phi) is 3.16. The maximum atomic E-state index is 12.2. The summed E-state index contributed by atoms with van der Waals surface area (Å²) in [5, 5.41) is 16.6. The van der Waals surface area contributed by atoms with Crippen LogP contribution in [-0.2, 0) is 0 Å². The molecule has 4 unspecified atom stereocenters. The van der Waals surface area contributed by atoms with Crippen molar-refractivity contribution in [3.05, 3.63) is 21.9 Å². The number of fused-ring (bicyclic) bond motifs is 2. The van der Waals surface area contributed by atoms with Crippen molar-refractivity contribution < 1.29 is 9.90 Å². The van der Waals surface area contributed by atoms with Gasteiger partial charge in [-0.15, -0.1) is 0 Å². The highest BCUT2D eigenvalue weighted by Crippen LogP contribution is 2.48. The molecule has 1 aromatic heterocycles. The normalized spacial score (nSPS) is 33.9. The average Bonchev–Trinajstić information content (AvgIpc) is 3.03. The van der Waals surface area contributed by atoms with E-state index >= 15 is 0 Å². The molecule has 98 valence electrons. The SMILES string of the molecule is Cc1cscc1C(=O)NC1C2CCC(C2)C1CO. The quantitative estimate of drug-likeness (QED) is 0.880. The van der Waals surface area contributed by atoms with E-state index in [1.54, 1.807) is 11.3 Å².